The van der Waals surface area contributed by atoms with Gasteiger partial charge in [0, 0.05) is 12.8 Å². The Morgan fingerprint density at radius 1 is 1.22 bits per heavy atom. The monoisotopic (exact) mass is 301 g/mol. The van der Waals surface area contributed by atoms with Gasteiger partial charge in [0.05, 0.1) is 0 Å². The van der Waals surface area contributed by atoms with Crippen LogP contribution in [0.15, 0.2) is 0 Å². The number of halogens is 2. The second-order valence-electron chi connectivity index (χ2n) is 1.79. The van der Waals surface area contributed by atoms with Crippen molar-refractivity contribution in [3.63, 3.8) is 0 Å². The van der Waals surface area contributed by atoms with E-state index in [-0.39, 0.29) is 0 Å². The molecule has 1 saturated carbocycles. The fourth-order valence-electron chi connectivity index (χ4n) is 0.769. The van der Waals surface area contributed by atoms with E-state index in [2.05, 4.69) is 28.3 Å². The number of carbonyl (C=O) groups excluding carboxylic acids is 1. The van der Waals surface area contributed by atoms with Gasteiger partial charge in [-0.15, -0.1) is 0 Å². The molecule has 0 spiro atoms. The minimum absolute atomic E-state index is 0.454. The van der Waals surface area contributed by atoms with E-state index in [0.717, 1.165) is 36.8 Å². The Bertz CT molecular complexity index is 79.0. The normalized spacial score (nSPS) is 17.3. The molecule has 0 atom stereocenters. The Morgan fingerprint density at radius 3 is 1.67 bits per heavy atom. The van der Waals surface area contributed by atoms with E-state index in [4.69, 9.17) is 0 Å². The van der Waals surface area contributed by atoms with Gasteiger partial charge in [-0.05, 0) is 12.8 Å². The number of hydrogen-bond acceptors (Lipinski definition) is 1. The van der Waals surface area contributed by atoms with Crippen LogP contribution in [0.1, 0.15) is 25.7 Å². The van der Waals surface area contributed by atoms with Gasteiger partial charge < -0.3 is 0 Å². The summed E-state index contributed by atoms with van der Waals surface area (Å²) in [7, 11) is 0. The van der Waals surface area contributed by atoms with E-state index in [1.54, 1.807) is 0 Å². The number of Topliss-reactive ketones (excluding diaryl/α,β-unsaturated/α-hetero) is 1. The van der Waals surface area contributed by atoms with Crippen molar-refractivity contribution in [2.45, 2.75) is 25.7 Å². The zero-order chi connectivity index (χ0) is 7.11. The molecule has 0 aromatic rings. The summed E-state index contributed by atoms with van der Waals surface area (Å²) in [6.45, 7) is 0. The molecule has 0 aromatic heterocycles. The van der Waals surface area contributed by atoms with Crippen LogP contribution < -0.4 is 0 Å². The molecule has 1 fully saturated rings. The van der Waals surface area contributed by atoms with Crippen LogP contribution in [-0.4, -0.2) is 5.78 Å². The Balaban J connectivity index is 0.000000187. The summed E-state index contributed by atoms with van der Waals surface area (Å²) in [5.41, 5.74) is 0. The molecular weight excluding hydrogens is 295 g/mol. The summed E-state index contributed by atoms with van der Waals surface area (Å²) in [4.78, 5) is 10.2. The second-order valence-corrected chi connectivity index (χ2v) is 7.05. The van der Waals surface area contributed by atoms with Crippen LogP contribution in [0.4, 0.5) is 0 Å². The van der Waals surface area contributed by atoms with E-state index in [1.165, 1.54) is 0 Å². The summed E-state index contributed by atoms with van der Waals surface area (Å²) in [6.07, 6.45) is 3.97. The van der Waals surface area contributed by atoms with Crippen molar-refractivity contribution in [1.82, 2.24) is 0 Å². The molecule has 1 aliphatic carbocycles. The van der Waals surface area contributed by atoms with Crippen molar-refractivity contribution in [1.29, 1.82) is 0 Å². The van der Waals surface area contributed by atoms with Crippen LogP contribution in [0, 0.1) is 0 Å². The second kappa shape index (κ2) is 7.25. The Morgan fingerprint density at radius 2 is 1.56 bits per heavy atom. The fraction of sp³-hybridized carbons (Fsp3) is 0.800. The van der Waals surface area contributed by atoms with Crippen molar-refractivity contribution in [2.75, 3.05) is 0 Å². The number of ketones is 1. The van der Waals surface area contributed by atoms with E-state index in [9.17, 15) is 4.79 Å². The molecule has 0 aliphatic heterocycles. The molecule has 1 aliphatic rings. The van der Waals surface area contributed by atoms with Gasteiger partial charge in [0.1, 0.15) is 5.78 Å². The zero-order valence-electron chi connectivity index (χ0n) is 4.83. The molecule has 0 N–H and O–H groups in total. The standard InChI is InChI=1S/C5H8O.2BrH.Co/c6-5-3-1-2-4-5;;;/h1-4H2;2*1H;/q;;;+2/p-2. The summed E-state index contributed by atoms with van der Waals surface area (Å²) in [6, 6.07) is 0. The summed E-state index contributed by atoms with van der Waals surface area (Å²) in [5.74, 6) is 0.454. The van der Waals surface area contributed by atoms with E-state index >= 15 is 0 Å². The Kier molecular flexibility index (Phi) is 8.16. The molecule has 4 heteroatoms. The topological polar surface area (TPSA) is 17.1 Å². The predicted molar refractivity (Wildman–Crippen MR) is 41.3 cm³/mol. The van der Waals surface area contributed by atoms with Crippen molar-refractivity contribution >= 4 is 34.1 Å². The average molecular weight is 303 g/mol. The third-order valence-electron chi connectivity index (χ3n) is 1.16. The predicted octanol–water partition coefficient (Wildman–Crippen LogP) is 2.82. The van der Waals surface area contributed by atoms with Gasteiger partial charge >= 0.3 is 39.5 Å². The van der Waals surface area contributed by atoms with Gasteiger partial charge in [0.25, 0.3) is 0 Å². The first-order valence-electron chi connectivity index (χ1n) is 2.66. The Labute approximate surface area is 75.4 Å². The number of hydrogen-bond donors (Lipinski definition) is 0. The molecule has 1 nitrogen and oxygen atoms in total. The maximum atomic E-state index is 10.2. The number of carbonyl (C=O) groups is 1. The van der Waals surface area contributed by atoms with Gasteiger partial charge in [-0.2, -0.15) is 0 Å². The van der Waals surface area contributed by atoms with E-state index in [0.29, 0.717) is 5.78 Å². The third-order valence-corrected chi connectivity index (χ3v) is 1.16. The first kappa shape index (κ1) is 10.1. The molecule has 0 heterocycles. The first-order chi connectivity index (χ1) is 4.31. The van der Waals surface area contributed by atoms with Gasteiger partial charge in [0.2, 0.25) is 0 Å². The van der Waals surface area contributed by atoms with Gasteiger partial charge in [-0.25, -0.2) is 0 Å². The molecule has 0 bridgehead atoms. The zero-order valence-corrected chi connectivity index (χ0v) is 9.04. The molecule has 57 valence electrons. The minimum atomic E-state index is 0.454. The van der Waals surface area contributed by atoms with Crippen LogP contribution in [0.2, 0.25) is 0 Å². The molecular formula is C5H8Br2CoO. The molecule has 9 heavy (non-hydrogen) atoms. The van der Waals surface area contributed by atoms with Crippen molar-refractivity contribution in [3.05, 3.63) is 0 Å². The molecule has 1 rings (SSSR count). The maximum absolute atomic E-state index is 10.2. The van der Waals surface area contributed by atoms with Crippen LogP contribution in [0.3, 0.4) is 0 Å². The van der Waals surface area contributed by atoms with E-state index in [1.807, 2.05) is 0 Å². The van der Waals surface area contributed by atoms with Gasteiger partial charge in [-0.3, -0.25) is 4.79 Å². The van der Waals surface area contributed by atoms with Crippen LogP contribution >= 0.6 is 28.3 Å². The Hall–Kier alpha value is 1.14. The summed E-state index contributed by atoms with van der Waals surface area (Å²) in [5, 5.41) is 0. The van der Waals surface area contributed by atoms with Crippen LogP contribution in [0.25, 0.3) is 0 Å². The third kappa shape index (κ3) is 7.03. The quantitative estimate of drug-likeness (QED) is 0.672. The first-order valence-corrected chi connectivity index (χ1v) is 7.81. The van der Waals surface area contributed by atoms with Gasteiger partial charge in [0.15, 0.2) is 0 Å². The molecule has 0 radical (unpaired) electrons. The molecule has 0 aromatic carbocycles. The van der Waals surface area contributed by atoms with E-state index < -0.39 is 0 Å². The number of rotatable bonds is 0. The van der Waals surface area contributed by atoms with Gasteiger partial charge in [-0.1, -0.05) is 0 Å². The summed E-state index contributed by atoms with van der Waals surface area (Å²) < 4.78 is 0. The summed E-state index contributed by atoms with van der Waals surface area (Å²) >= 11 is 7.12. The van der Waals surface area contributed by atoms with Crippen LogP contribution in [-0.2, 0) is 15.9 Å². The van der Waals surface area contributed by atoms with Crippen LogP contribution in [0.5, 0.6) is 0 Å². The molecule has 0 saturated heterocycles. The molecule has 0 amide bonds. The average Bonchev–Trinajstić information content (AvgIpc) is 2.20. The molecule has 0 unspecified atom stereocenters. The van der Waals surface area contributed by atoms with Crippen molar-refractivity contribution < 1.29 is 15.9 Å². The van der Waals surface area contributed by atoms with Crippen molar-refractivity contribution in [2.24, 2.45) is 0 Å². The van der Waals surface area contributed by atoms with Crippen molar-refractivity contribution in [3.8, 4) is 0 Å². The fourth-order valence-corrected chi connectivity index (χ4v) is 0.769. The SMILES string of the molecule is O=C1CCCC1.[Br][Co][Br].